The van der Waals surface area contributed by atoms with Crippen LogP contribution >= 0.6 is 0 Å². The smallest absolute Gasteiger partial charge is 0.277 e. The largest absolute Gasteiger partial charge is 0.486 e. The van der Waals surface area contributed by atoms with Crippen molar-refractivity contribution in [3.05, 3.63) is 82.6 Å². The number of rotatable bonds is 5. The molecule has 7 nitrogen and oxygen atoms in total. The molecule has 1 aromatic heterocycles. The molecule has 0 unspecified atom stereocenters. The summed E-state index contributed by atoms with van der Waals surface area (Å²) < 4.78 is 12.8. The van der Waals surface area contributed by atoms with Gasteiger partial charge < -0.3 is 19.4 Å². The lowest BCUT2D eigenvalue weighted by Gasteiger charge is -2.19. The number of fused-ring (bicyclic) bond motifs is 2. The molecule has 166 valence electrons. The second-order valence-electron chi connectivity index (χ2n) is 7.80. The molecule has 0 aliphatic carbocycles. The van der Waals surface area contributed by atoms with Crippen molar-refractivity contribution in [3.8, 4) is 22.8 Å². The number of para-hydroxylation sites is 2. The van der Waals surface area contributed by atoms with E-state index in [-0.39, 0.29) is 11.5 Å². The van der Waals surface area contributed by atoms with E-state index in [1.165, 1.54) is 0 Å². The van der Waals surface area contributed by atoms with Crippen LogP contribution in [0.5, 0.6) is 11.5 Å². The van der Waals surface area contributed by atoms with Gasteiger partial charge in [-0.1, -0.05) is 31.2 Å². The first-order valence-corrected chi connectivity index (χ1v) is 10.9. The zero-order valence-corrected chi connectivity index (χ0v) is 18.2. The molecular formula is C26H23N3O4. The van der Waals surface area contributed by atoms with Gasteiger partial charge in [-0.3, -0.25) is 9.59 Å². The van der Waals surface area contributed by atoms with Crippen molar-refractivity contribution in [2.45, 2.75) is 19.9 Å². The summed E-state index contributed by atoms with van der Waals surface area (Å²) in [5.41, 5.74) is 3.59. The normalized spacial score (nSPS) is 12.5. The van der Waals surface area contributed by atoms with Crippen LogP contribution in [0.4, 0.5) is 5.69 Å². The summed E-state index contributed by atoms with van der Waals surface area (Å²) >= 11 is 0. The van der Waals surface area contributed by atoms with Gasteiger partial charge in [0.1, 0.15) is 18.9 Å². The van der Waals surface area contributed by atoms with Crippen molar-refractivity contribution in [2.24, 2.45) is 0 Å². The lowest BCUT2D eigenvalue weighted by molar-refractivity contribution is 0.102. The summed E-state index contributed by atoms with van der Waals surface area (Å²) in [4.78, 5) is 30.5. The second-order valence-corrected chi connectivity index (χ2v) is 7.80. The molecule has 1 N–H and O–H groups in total. The van der Waals surface area contributed by atoms with E-state index in [4.69, 9.17) is 9.47 Å². The van der Waals surface area contributed by atoms with Crippen LogP contribution in [0.15, 0.2) is 71.5 Å². The fraction of sp³-hybridized carbons (Fsp3) is 0.192. The molecular weight excluding hydrogens is 418 g/mol. The van der Waals surface area contributed by atoms with E-state index in [9.17, 15) is 9.59 Å². The van der Waals surface area contributed by atoms with Crippen molar-refractivity contribution in [1.82, 2.24) is 9.55 Å². The molecule has 5 rings (SSSR count). The first kappa shape index (κ1) is 20.8. The van der Waals surface area contributed by atoms with Crippen molar-refractivity contribution in [1.29, 1.82) is 0 Å². The first-order chi connectivity index (χ1) is 16.1. The van der Waals surface area contributed by atoms with Gasteiger partial charge in [0.15, 0.2) is 11.5 Å². The summed E-state index contributed by atoms with van der Waals surface area (Å²) in [5, 5.41) is 2.87. The zero-order valence-electron chi connectivity index (χ0n) is 18.2. The predicted octanol–water partition coefficient (Wildman–Crippen LogP) is 4.50. The number of nitrogens with zero attached hydrogens (tertiary/aromatic N) is 2. The molecule has 0 saturated carbocycles. The van der Waals surface area contributed by atoms with Gasteiger partial charge in [0.25, 0.3) is 11.5 Å². The Morgan fingerprint density at radius 2 is 1.76 bits per heavy atom. The quantitative estimate of drug-likeness (QED) is 0.493. The molecule has 4 aromatic rings. The van der Waals surface area contributed by atoms with Crippen LogP contribution in [-0.2, 0) is 6.54 Å². The average Bonchev–Trinajstić information content (AvgIpc) is 2.85. The monoisotopic (exact) mass is 441 g/mol. The number of nitrogens with one attached hydrogen (secondary N) is 1. The van der Waals surface area contributed by atoms with Gasteiger partial charge in [0.05, 0.1) is 11.0 Å². The Morgan fingerprint density at radius 1 is 1.00 bits per heavy atom. The number of hydrogen-bond donors (Lipinski definition) is 1. The maximum Gasteiger partial charge on any atom is 0.277 e. The van der Waals surface area contributed by atoms with Crippen LogP contribution in [0.3, 0.4) is 0 Å². The Morgan fingerprint density at radius 3 is 2.55 bits per heavy atom. The molecule has 0 radical (unpaired) electrons. The summed E-state index contributed by atoms with van der Waals surface area (Å²) in [6.45, 7) is 3.65. The maximum atomic E-state index is 13.1. The molecule has 7 heteroatoms. The Labute approximate surface area is 190 Å². The van der Waals surface area contributed by atoms with Gasteiger partial charge in [-0.05, 0) is 42.8 Å². The third-order valence-electron chi connectivity index (χ3n) is 5.52. The number of benzene rings is 3. The van der Waals surface area contributed by atoms with E-state index < -0.39 is 0 Å². The number of aromatic nitrogens is 2. The molecule has 3 aromatic carbocycles. The number of aryl methyl sites for hydroxylation is 1. The Bertz CT molecular complexity index is 1390. The third kappa shape index (κ3) is 4.05. The van der Waals surface area contributed by atoms with Crippen LogP contribution < -0.4 is 20.3 Å². The number of anilines is 1. The highest BCUT2D eigenvalue weighted by atomic mass is 16.6. The lowest BCUT2D eigenvalue weighted by Crippen LogP contribution is -2.23. The SMILES string of the molecule is CCCn1c(=O)c(-c2ccc(C(=O)Nc3ccc4c(c3)OCCO4)cc2)nc2ccccc21. The van der Waals surface area contributed by atoms with Gasteiger partial charge in [0, 0.05) is 29.4 Å². The molecule has 0 bridgehead atoms. The maximum absolute atomic E-state index is 13.1. The summed E-state index contributed by atoms with van der Waals surface area (Å²) in [5.74, 6) is 1.02. The number of amides is 1. The van der Waals surface area contributed by atoms with Gasteiger partial charge in [-0.2, -0.15) is 0 Å². The number of ether oxygens (including phenoxy) is 2. The minimum atomic E-state index is -0.256. The molecule has 2 heterocycles. The molecule has 33 heavy (non-hydrogen) atoms. The van der Waals surface area contributed by atoms with Crippen LogP contribution in [0.25, 0.3) is 22.3 Å². The molecule has 0 atom stereocenters. The van der Waals surface area contributed by atoms with Crippen molar-refractivity contribution in [3.63, 3.8) is 0 Å². The molecule has 1 aliphatic rings. The minimum absolute atomic E-state index is 0.135. The highest BCUT2D eigenvalue weighted by Crippen LogP contribution is 2.32. The highest BCUT2D eigenvalue weighted by Gasteiger charge is 2.15. The van der Waals surface area contributed by atoms with Gasteiger partial charge in [-0.25, -0.2) is 4.98 Å². The van der Waals surface area contributed by atoms with Crippen molar-refractivity contribution in [2.75, 3.05) is 18.5 Å². The van der Waals surface area contributed by atoms with Crippen molar-refractivity contribution < 1.29 is 14.3 Å². The van der Waals surface area contributed by atoms with Gasteiger partial charge in [-0.15, -0.1) is 0 Å². The second kappa shape index (κ2) is 8.78. The Balaban J connectivity index is 1.42. The van der Waals surface area contributed by atoms with E-state index in [0.29, 0.717) is 53.8 Å². The number of carbonyl (C=O) groups is 1. The minimum Gasteiger partial charge on any atom is -0.486 e. The number of carbonyl (C=O) groups excluding carboxylic acids is 1. The summed E-state index contributed by atoms with van der Waals surface area (Å²) in [6, 6.07) is 19.8. The summed E-state index contributed by atoms with van der Waals surface area (Å²) in [6.07, 6.45) is 0.840. The Kier molecular flexibility index (Phi) is 5.52. The number of hydrogen-bond acceptors (Lipinski definition) is 5. The fourth-order valence-corrected chi connectivity index (χ4v) is 3.93. The predicted molar refractivity (Wildman–Crippen MR) is 127 cm³/mol. The van der Waals surface area contributed by atoms with Gasteiger partial charge >= 0.3 is 0 Å². The van der Waals surface area contributed by atoms with Crippen LogP contribution in [0.1, 0.15) is 23.7 Å². The lowest BCUT2D eigenvalue weighted by atomic mass is 10.1. The van der Waals surface area contributed by atoms with Crippen molar-refractivity contribution >= 4 is 22.6 Å². The van der Waals surface area contributed by atoms with E-state index in [2.05, 4.69) is 10.3 Å². The zero-order chi connectivity index (χ0) is 22.8. The fourth-order valence-electron chi connectivity index (χ4n) is 3.93. The van der Waals surface area contributed by atoms with Gasteiger partial charge in [0.2, 0.25) is 0 Å². The van der Waals surface area contributed by atoms with E-state index in [1.54, 1.807) is 47.0 Å². The standard InChI is InChI=1S/C26H23N3O4/c1-2-13-29-21-6-4-3-5-20(21)28-24(26(29)31)17-7-9-18(10-8-17)25(30)27-19-11-12-22-23(16-19)33-15-14-32-22/h3-12,16H,2,13-15H2,1H3,(H,27,30). The molecule has 0 fully saturated rings. The molecule has 1 amide bonds. The average molecular weight is 441 g/mol. The van der Waals surface area contributed by atoms with Crippen LogP contribution in [-0.4, -0.2) is 28.7 Å². The molecule has 1 aliphatic heterocycles. The third-order valence-corrected chi connectivity index (χ3v) is 5.52. The van der Waals surface area contributed by atoms with E-state index in [1.807, 2.05) is 31.2 Å². The first-order valence-electron chi connectivity index (χ1n) is 10.9. The van der Waals surface area contributed by atoms with Crippen LogP contribution in [0.2, 0.25) is 0 Å². The Hall–Kier alpha value is -4.13. The van der Waals surface area contributed by atoms with E-state index >= 15 is 0 Å². The molecule has 0 spiro atoms. The summed E-state index contributed by atoms with van der Waals surface area (Å²) in [7, 11) is 0. The van der Waals surface area contributed by atoms with E-state index in [0.717, 1.165) is 17.5 Å². The van der Waals surface area contributed by atoms with Crippen LogP contribution in [0, 0.1) is 0 Å². The molecule has 0 saturated heterocycles. The highest BCUT2D eigenvalue weighted by molar-refractivity contribution is 6.04. The topological polar surface area (TPSA) is 82.5 Å².